The average molecular weight is 282 g/mol. The lowest BCUT2D eigenvalue weighted by molar-refractivity contribution is 0.0697. The quantitative estimate of drug-likeness (QED) is 0.901. The zero-order valence-electron chi connectivity index (χ0n) is 11.7. The Balaban J connectivity index is 1.63. The Morgan fingerprint density at radius 1 is 0.905 bits per heavy atom. The first-order valence-electron chi connectivity index (χ1n) is 7.20. The molecule has 3 rings (SSSR count). The van der Waals surface area contributed by atoms with Gasteiger partial charge in [0, 0.05) is 0 Å². The molecule has 0 spiro atoms. The van der Waals surface area contributed by atoms with Crippen molar-refractivity contribution in [2.75, 3.05) is 0 Å². The van der Waals surface area contributed by atoms with Crippen LogP contribution in [-0.2, 0) is 6.61 Å². The summed E-state index contributed by atoms with van der Waals surface area (Å²) in [5.41, 5.74) is 3.84. The van der Waals surface area contributed by atoms with Crippen molar-refractivity contribution in [1.29, 1.82) is 0 Å². The molecule has 0 heterocycles. The number of hydrogen-bond acceptors (Lipinski definition) is 2. The molecule has 108 valence electrons. The molecule has 2 aromatic rings. The fraction of sp³-hybridized carbons (Fsp3) is 0.278. The molecule has 0 aromatic heterocycles. The van der Waals surface area contributed by atoms with Crippen LogP contribution in [-0.4, -0.2) is 16.2 Å². The van der Waals surface area contributed by atoms with Gasteiger partial charge in [0.1, 0.15) is 0 Å². The molecule has 1 fully saturated rings. The van der Waals surface area contributed by atoms with Gasteiger partial charge in [0.05, 0.1) is 12.2 Å². The highest BCUT2D eigenvalue weighted by molar-refractivity contribution is 5.87. The van der Waals surface area contributed by atoms with Crippen LogP contribution < -0.4 is 0 Å². The largest absolute Gasteiger partial charge is 0.478 e. The van der Waals surface area contributed by atoms with E-state index >= 15 is 0 Å². The maximum atomic E-state index is 10.8. The van der Waals surface area contributed by atoms with E-state index in [4.69, 9.17) is 10.2 Å². The van der Waals surface area contributed by atoms with Crippen LogP contribution in [0.15, 0.2) is 48.5 Å². The summed E-state index contributed by atoms with van der Waals surface area (Å²) in [7, 11) is 0. The lowest BCUT2D eigenvalue weighted by Crippen LogP contribution is -2.20. The molecule has 0 amide bonds. The Kier molecular flexibility index (Phi) is 3.76. The van der Waals surface area contributed by atoms with E-state index < -0.39 is 5.97 Å². The van der Waals surface area contributed by atoms with Gasteiger partial charge in [-0.2, -0.15) is 0 Å². The number of aromatic carboxylic acids is 1. The van der Waals surface area contributed by atoms with E-state index in [1.165, 1.54) is 11.1 Å². The predicted molar refractivity (Wildman–Crippen MR) is 80.5 cm³/mol. The van der Waals surface area contributed by atoms with Gasteiger partial charge in [-0.05, 0) is 53.5 Å². The minimum absolute atomic E-state index is 0.0868. The molecule has 0 saturated heterocycles. The zero-order valence-corrected chi connectivity index (χ0v) is 11.7. The van der Waals surface area contributed by atoms with Crippen LogP contribution in [0.3, 0.4) is 0 Å². The monoisotopic (exact) mass is 282 g/mol. The lowest BCUT2D eigenvalue weighted by Gasteiger charge is -2.36. The second kappa shape index (κ2) is 5.70. The van der Waals surface area contributed by atoms with Crippen molar-refractivity contribution >= 4 is 5.97 Å². The SMILES string of the molecule is O=C(O)c1ccc(C2CC(c3ccc(CO)cc3)C2)cc1. The van der Waals surface area contributed by atoms with E-state index in [1.54, 1.807) is 12.1 Å². The van der Waals surface area contributed by atoms with Gasteiger partial charge in [0.15, 0.2) is 0 Å². The number of carbonyl (C=O) groups is 1. The van der Waals surface area contributed by atoms with E-state index in [2.05, 4.69) is 12.1 Å². The Labute approximate surface area is 123 Å². The first-order chi connectivity index (χ1) is 10.2. The van der Waals surface area contributed by atoms with E-state index in [0.29, 0.717) is 17.4 Å². The Hall–Kier alpha value is -2.13. The Morgan fingerprint density at radius 2 is 1.38 bits per heavy atom. The first-order valence-corrected chi connectivity index (χ1v) is 7.20. The van der Waals surface area contributed by atoms with E-state index in [1.807, 2.05) is 24.3 Å². The fourth-order valence-electron chi connectivity index (χ4n) is 2.96. The Morgan fingerprint density at radius 3 is 1.81 bits per heavy atom. The summed E-state index contributed by atoms with van der Waals surface area (Å²) in [6.07, 6.45) is 2.20. The molecular formula is C18H18O3. The van der Waals surface area contributed by atoms with Crippen molar-refractivity contribution in [3.05, 3.63) is 70.8 Å². The molecule has 2 N–H and O–H groups in total. The highest BCUT2D eigenvalue weighted by Crippen LogP contribution is 2.47. The topological polar surface area (TPSA) is 57.5 Å². The average Bonchev–Trinajstić information content (AvgIpc) is 2.47. The molecule has 1 saturated carbocycles. The summed E-state index contributed by atoms with van der Waals surface area (Å²) in [5.74, 6) is 0.217. The highest BCUT2D eigenvalue weighted by Gasteiger charge is 2.31. The number of aliphatic hydroxyl groups excluding tert-OH is 1. The molecule has 21 heavy (non-hydrogen) atoms. The third-order valence-corrected chi connectivity index (χ3v) is 4.40. The van der Waals surface area contributed by atoms with Crippen molar-refractivity contribution in [2.45, 2.75) is 31.3 Å². The van der Waals surface area contributed by atoms with Gasteiger partial charge in [-0.25, -0.2) is 4.79 Å². The van der Waals surface area contributed by atoms with Crippen LogP contribution in [0.5, 0.6) is 0 Å². The Bertz CT molecular complexity index is 623. The van der Waals surface area contributed by atoms with Crippen LogP contribution >= 0.6 is 0 Å². The smallest absolute Gasteiger partial charge is 0.335 e. The molecule has 0 radical (unpaired) electrons. The van der Waals surface area contributed by atoms with E-state index in [0.717, 1.165) is 18.4 Å². The summed E-state index contributed by atoms with van der Waals surface area (Å²) < 4.78 is 0. The van der Waals surface area contributed by atoms with Gasteiger partial charge in [0.2, 0.25) is 0 Å². The van der Waals surface area contributed by atoms with Gasteiger partial charge >= 0.3 is 5.97 Å². The molecule has 0 bridgehead atoms. The van der Waals surface area contributed by atoms with Gasteiger partial charge in [-0.3, -0.25) is 0 Å². The summed E-state index contributed by atoms with van der Waals surface area (Å²) in [5, 5.41) is 17.9. The molecule has 1 aliphatic carbocycles. The highest BCUT2D eigenvalue weighted by atomic mass is 16.4. The van der Waals surface area contributed by atoms with E-state index in [9.17, 15) is 4.79 Å². The maximum absolute atomic E-state index is 10.8. The van der Waals surface area contributed by atoms with Crippen molar-refractivity contribution < 1.29 is 15.0 Å². The maximum Gasteiger partial charge on any atom is 0.335 e. The number of carboxylic acid groups (broad SMARTS) is 1. The van der Waals surface area contributed by atoms with Crippen LogP contribution in [0.2, 0.25) is 0 Å². The van der Waals surface area contributed by atoms with Crippen molar-refractivity contribution in [1.82, 2.24) is 0 Å². The lowest BCUT2D eigenvalue weighted by atomic mass is 9.68. The molecule has 2 aromatic carbocycles. The van der Waals surface area contributed by atoms with Gasteiger partial charge in [-0.15, -0.1) is 0 Å². The number of carboxylic acids is 1. The van der Waals surface area contributed by atoms with Crippen molar-refractivity contribution in [2.24, 2.45) is 0 Å². The standard InChI is InChI=1S/C18H18O3/c19-11-12-1-3-13(4-2-12)16-9-17(10-16)14-5-7-15(8-6-14)18(20)21/h1-8,16-17,19H,9-11H2,(H,20,21). The van der Waals surface area contributed by atoms with Gasteiger partial charge < -0.3 is 10.2 Å². The normalized spacial score (nSPS) is 20.8. The minimum atomic E-state index is -0.878. The van der Waals surface area contributed by atoms with Crippen molar-refractivity contribution in [3.63, 3.8) is 0 Å². The number of aliphatic hydroxyl groups is 1. The van der Waals surface area contributed by atoms with Gasteiger partial charge in [0.25, 0.3) is 0 Å². The molecular weight excluding hydrogens is 264 g/mol. The third kappa shape index (κ3) is 2.83. The van der Waals surface area contributed by atoms with Crippen LogP contribution in [0.4, 0.5) is 0 Å². The number of hydrogen-bond donors (Lipinski definition) is 2. The molecule has 0 aliphatic heterocycles. The molecule has 1 aliphatic rings. The summed E-state index contributed by atoms with van der Waals surface area (Å²) in [4.78, 5) is 10.8. The number of rotatable bonds is 4. The van der Waals surface area contributed by atoms with Crippen LogP contribution in [0, 0.1) is 0 Å². The van der Waals surface area contributed by atoms with E-state index in [-0.39, 0.29) is 6.61 Å². The molecule has 3 nitrogen and oxygen atoms in total. The summed E-state index contributed by atoms with van der Waals surface area (Å²) in [6, 6.07) is 15.4. The summed E-state index contributed by atoms with van der Waals surface area (Å²) >= 11 is 0. The summed E-state index contributed by atoms with van der Waals surface area (Å²) in [6.45, 7) is 0.0868. The van der Waals surface area contributed by atoms with Gasteiger partial charge in [-0.1, -0.05) is 36.4 Å². The third-order valence-electron chi connectivity index (χ3n) is 4.40. The molecule has 3 heteroatoms. The van der Waals surface area contributed by atoms with Crippen LogP contribution in [0.1, 0.15) is 51.7 Å². The molecule has 0 unspecified atom stereocenters. The second-order valence-corrected chi connectivity index (χ2v) is 5.69. The number of benzene rings is 2. The van der Waals surface area contributed by atoms with Crippen LogP contribution in [0.25, 0.3) is 0 Å². The minimum Gasteiger partial charge on any atom is -0.478 e. The van der Waals surface area contributed by atoms with Crippen molar-refractivity contribution in [3.8, 4) is 0 Å². The first kappa shape index (κ1) is 13.8. The zero-order chi connectivity index (χ0) is 14.8. The molecule has 0 atom stereocenters. The predicted octanol–water partition coefficient (Wildman–Crippen LogP) is 3.54. The second-order valence-electron chi connectivity index (χ2n) is 5.69. The fourth-order valence-corrected chi connectivity index (χ4v) is 2.96.